The van der Waals surface area contributed by atoms with Gasteiger partial charge in [-0.1, -0.05) is 0 Å². The lowest BCUT2D eigenvalue weighted by atomic mass is 9.79. The molecule has 0 spiro atoms. The first-order chi connectivity index (χ1) is 14.9. The van der Waals surface area contributed by atoms with Crippen molar-refractivity contribution in [1.29, 1.82) is 0 Å². The van der Waals surface area contributed by atoms with Gasteiger partial charge in [0.1, 0.15) is 11.6 Å². The molecule has 0 radical (unpaired) electrons. The predicted octanol–water partition coefficient (Wildman–Crippen LogP) is 3.49. The lowest BCUT2D eigenvalue weighted by molar-refractivity contribution is -0.115. The number of phenolic OH excluding ortho intramolecular Hbond substituents is 1. The lowest BCUT2D eigenvalue weighted by Crippen LogP contribution is -2.62. The average Bonchev–Trinajstić information content (AvgIpc) is 2.71. The predicted molar refractivity (Wildman–Crippen MR) is 125 cm³/mol. The fourth-order valence-corrected chi connectivity index (χ4v) is 4.55. The van der Waals surface area contributed by atoms with Crippen molar-refractivity contribution in [3.05, 3.63) is 41.7 Å². The number of hydrogen-bond acceptors (Lipinski definition) is 6. The number of hydrogen-bond donors (Lipinski definition) is 3. The number of carbonyl (C=O) groups is 1. The molecule has 172 valence electrons. The van der Waals surface area contributed by atoms with Crippen molar-refractivity contribution in [2.75, 3.05) is 19.0 Å². The third-order valence-electron chi connectivity index (χ3n) is 5.78. The van der Waals surface area contributed by atoms with Gasteiger partial charge in [-0.25, -0.2) is 4.39 Å². The maximum atomic E-state index is 14.5. The molecular weight excluding hydrogens is 409 g/mol. The number of benzene rings is 1. The van der Waals surface area contributed by atoms with E-state index in [2.05, 4.69) is 53.4 Å². The number of aromatic nitrogens is 2. The molecule has 2 aromatic rings. The summed E-state index contributed by atoms with van der Waals surface area (Å²) in [6.45, 7) is 8.81. The largest absolute Gasteiger partial charge is 0.507 e. The summed E-state index contributed by atoms with van der Waals surface area (Å²) in [5.74, 6) is -0.350. The van der Waals surface area contributed by atoms with E-state index in [9.17, 15) is 14.3 Å². The number of nitrogens with zero attached hydrogens (tertiary/aromatic N) is 3. The van der Waals surface area contributed by atoms with E-state index in [1.165, 1.54) is 31.3 Å². The minimum absolute atomic E-state index is 0.00532. The van der Waals surface area contributed by atoms with Crippen LogP contribution in [0.15, 0.2) is 30.3 Å². The molecule has 1 fully saturated rings. The molecular formula is C24H32FN5O2. The van der Waals surface area contributed by atoms with Crippen LogP contribution in [0.5, 0.6) is 5.75 Å². The first-order valence-corrected chi connectivity index (χ1v) is 10.7. The number of aromatic hydroxyl groups is 1. The second-order valence-electron chi connectivity index (χ2n) is 9.68. The fourth-order valence-electron chi connectivity index (χ4n) is 4.55. The van der Waals surface area contributed by atoms with Crippen LogP contribution in [0.2, 0.25) is 0 Å². The number of phenols is 1. The van der Waals surface area contributed by atoms with Crippen LogP contribution in [0.3, 0.4) is 0 Å². The fraction of sp³-hybridized carbons (Fsp3) is 0.458. The van der Waals surface area contributed by atoms with Gasteiger partial charge in [0.25, 0.3) is 0 Å². The molecule has 2 heterocycles. The summed E-state index contributed by atoms with van der Waals surface area (Å²) in [4.78, 5) is 13.5. The number of piperidine rings is 1. The second-order valence-corrected chi connectivity index (χ2v) is 9.68. The lowest BCUT2D eigenvalue weighted by Gasteiger charge is -2.49. The molecule has 1 amide bonds. The minimum atomic E-state index is -0.569. The second kappa shape index (κ2) is 8.86. The Bertz CT molecular complexity index is 1000. The first-order valence-electron chi connectivity index (χ1n) is 10.7. The van der Waals surface area contributed by atoms with Crippen LogP contribution in [0, 0.1) is 5.82 Å². The Balaban J connectivity index is 1.82. The van der Waals surface area contributed by atoms with Crippen molar-refractivity contribution in [2.45, 2.75) is 57.7 Å². The molecule has 1 aromatic carbocycles. The molecule has 32 heavy (non-hydrogen) atoms. The van der Waals surface area contributed by atoms with Crippen LogP contribution >= 0.6 is 0 Å². The van der Waals surface area contributed by atoms with Crippen LogP contribution in [0.4, 0.5) is 10.2 Å². The van der Waals surface area contributed by atoms with Crippen molar-refractivity contribution < 1.29 is 14.3 Å². The van der Waals surface area contributed by atoms with Crippen LogP contribution in [0.25, 0.3) is 17.3 Å². The number of anilines is 1. The molecule has 3 rings (SSSR count). The molecule has 0 aliphatic carbocycles. The van der Waals surface area contributed by atoms with Crippen molar-refractivity contribution in [3.8, 4) is 17.0 Å². The SMILES string of the molecule is CNC(=O)/C=C/c1cc(O)c(-c2ccc(N(C)C3CC(C)(C)NC(C)(C)C3)nn2)cc1F. The zero-order chi connectivity index (χ0) is 23.7. The number of rotatable bonds is 5. The van der Waals surface area contributed by atoms with Gasteiger partial charge in [-0.3, -0.25) is 4.79 Å². The monoisotopic (exact) mass is 441 g/mol. The molecule has 3 N–H and O–H groups in total. The molecule has 1 aliphatic rings. The number of halogens is 1. The average molecular weight is 442 g/mol. The van der Waals surface area contributed by atoms with Crippen molar-refractivity contribution >= 4 is 17.8 Å². The standard InChI is InChI=1S/C24H32FN5O2/c1-23(2)13-16(14-24(3,4)29-23)30(6)21-9-8-19(27-28-21)17-12-18(25)15(11-20(17)31)7-10-22(32)26-5/h7-12,16,29,31H,13-14H2,1-6H3,(H,26,32)/b10-7+. The first kappa shape index (κ1) is 23.7. The van der Waals surface area contributed by atoms with Gasteiger partial charge < -0.3 is 20.6 Å². The van der Waals surface area contributed by atoms with E-state index >= 15 is 0 Å². The minimum Gasteiger partial charge on any atom is -0.507 e. The van der Waals surface area contributed by atoms with Gasteiger partial charge in [0.05, 0.1) is 5.69 Å². The molecule has 0 bridgehead atoms. The zero-order valence-corrected chi connectivity index (χ0v) is 19.5. The molecule has 7 nitrogen and oxygen atoms in total. The van der Waals surface area contributed by atoms with E-state index < -0.39 is 5.82 Å². The molecule has 8 heteroatoms. The maximum Gasteiger partial charge on any atom is 0.243 e. The van der Waals surface area contributed by atoms with E-state index in [0.717, 1.165) is 18.7 Å². The van der Waals surface area contributed by atoms with Crippen molar-refractivity contribution in [3.63, 3.8) is 0 Å². The van der Waals surface area contributed by atoms with Crippen LogP contribution in [-0.2, 0) is 4.79 Å². The summed E-state index contributed by atoms with van der Waals surface area (Å²) in [6.07, 6.45) is 4.44. The van der Waals surface area contributed by atoms with Gasteiger partial charge in [0.2, 0.25) is 5.91 Å². The summed E-state index contributed by atoms with van der Waals surface area (Å²) >= 11 is 0. The number of amides is 1. The van der Waals surface area contributed by atoms with Crippen LogP contribution in [-0.4, -0.2) is 52.4 Å². The normalized spacial score (nSPS) is 18.0. The third-order valence-corrected chi connectivity index (χ3v) is 5.78. The summed E-state index contributed by atoms with van der Waals surface area (Å²) in [5, 5.41) is 25.1. The third kappa shape index (κ3) is 5.43. The molecule has 0 unspecified atom stereocenters. The van der Waals surface area contributed by atoms with Gasteiger partial charge in [0.15, 0.2) is 5.82 Å². The summed E-state index contributed by atoms with van der Waals surface area (Å²) in [5.41, 5.74) is 0.726. The Kier molecular flexibility index (Phi) is 6.55. The van der Waals surface area contributed by atoms with Gasteiger partial charge in [-0.2, -0.15) is 0 Å². The number of likely N-dealkylation sites (N-methyl/N-ethyl adjacent to an activating group) is 1. The highest BCUT2D eigenvalue weighted by molar-refractivity contribution is 5.91. The van der Waals surface area contributed by atoms with Crippen molar-refractivity contribution in [2.24, 2.45) is 0 Å². The highest BCUT2D eigenvalue weighted by Crippen LogP contribution is 2.34. The quantitative estimate of drug-likeness (QED) is 0.616. The van der Waals surface area contributed by atoms with E-state index in [1.54, 1.807) is 6.07 Å². The summed E-state index contributed by atoms with van der Waals surface area (Å²) < 4.78 is 14.5. The van der Waals surface area contributed by atoms with E-state index in [1.807, 2.05) is 13.1 Å². The van der Waals surface area contributed by atoms with Gasteiger partial charge in [-0.05, 0) is 70.9 Å². The Morgan fingerprint density at radius 2 is 1.88 bits per heavy atom. The Morgan fingerprint density at radius 1 is 1.22 bits per heavy atom. The van der Waals surface area contributed by atoms with Crippen LogP contribution in [0.1, 0.15) is 46.1 Å². The molecule has 1 aliphatic heterocycles. The van der Waals surface area contributed by atoms with E-state index in [4.69, 9.17) is 0 Å². The molecule has 0 saturated carbocycles. The molecule has 1 aromatic heterocycles. The highest BCUT2D eigenvalue weighted by atomic mass is 19.1. The maximum absolute atomic E-state index is 14.5. The van der Waals surface area contributed by atoms with Gasteiger partial charge in [0, 0.05) is 48.4 Å². The summed E-state index contributed by atoms with van der Waals surface area (Å²) in [7, 11) is 3.49. The Hall–Kier alpha value is -3.00. The number of carbonyl (C=O) groups excluding carboxylic acids is 1. The van der Waals surface area contributed by atoms with E-state index in [0.29, 0.717) is 11.7 Å². The van der Waals surface area contributed by atoms with E-state index in [-0.39, 0.29) is 33.9 Å². The Morgan fingerprint density at radius 3 is 2.44 bits per heavy atom. The topological polar surface area (TPSA) is 90.4 Å². The van der Waals surface area contributed by atoms with Crippen LogP contribution < -0.4 is 15.5 Å². The zero-order valence-electron chi connectivity index (χ0n) is 19.5. The van der Waals surface area contributed by atoms with Gasteiger partial charge in [-0.15, -0.1) is 10.2 Å². The van der Waals surface area contributed by atoms with Gasteiger partial charge >= 0.3 is 0 Å². The van der Waals surface area contributed by atoms with Crippen molar-refractivity contribution in [1.82, 2.24) is 20.8 Å². The number of nitrogens with one attached hydrogen (secondary N) is 2. The highest BCUT2D eigenvalue weighted by Gasteiger charge is 2.39. The Labute approximate surface area is 188 Å². The molecule has 0 atom stereocenters. The smallest absolute Gasteiger partial charge is 0.243 e. The summed E-state index contributed by atoms with van der Waals surface area (Å²) in [6, 6.07) is 6.32. The molecule has 1 saturated heterocycles.